The van der Waals surface area contributed by atoms with Crippen LogP contribution in [-0.2, 0) is 0 Å². The summed E-state index contributed by atoms with van der Waals surface area (Å²) >= 11 is 0. The van der Waals surface area contributed by atoms with Crippen LogP contribution in [-0.4, -0.2) is 59.6 Å². The number of halogens is 2. The van der Waals surface area contributed by atoms with Gasteiger partial charge in [0.15, 0.2) is 0 Å². The average Bonchev–Trinajstić information content (AvgIpc) is 2.28. The molecule has 1 rings (SSSR count). The molecule has 1 aliphatic rings. The summed E-state index contributed by atoms with van der Waals surface area (Å²) in [6, 6.07) is 0. The molecule has 8 heteroatoms. The van der Waals surface area contributed by atoms with Crippen LogP contribution in [0.15, 0.2) is 9.98 Å². The van der Waals surface area contributed by atoms with E-state index >= 15 is 0 Å². The van der Waals surface area contributed by atoms with Crippen LogP contribution in [0, 0.1) is 0 Å². The molecule has 0 fully saturated rings. The van der Waals surface area contributed by atoms with Gasteiger partial charge in [0, 0.05) is 48.4 Å². The van der Waals surface area contributed by atoms with Crippen LogP contribution in [0.5, 0.6) is 0 Å². The molecule has 0 amide bonds. The maximum absolute atomic E-state index is 4.68. The summed E-state index contributed by atoms with van der Waals surface area (Å²) in [6.07, 6.45) is 1.97. The predicted molar refractivity (Wildman–Crippen MR) is 117 cm³/mol. The van der Waals surface area contributed by atoms with Gasteiger partial charge in [-0.3, -0.25) is 9.98 Å². The van der Waals surface area contributed by atoms with Gasteiger partial charge in [0.25, 0.3) is 0 Å². The van der Waals surface area contributed by atoms with E-state index in [0.29, 0.717) is 0 Å². The fourth-order valence-corrected chi connectivity index (χ4v) is 2.80. The highest BCUT2D eigenvalue weighted by molar-refractivity contribution is 8.93. The van der Waals surface area contributed by atoms with Crippen molar-refractivity contribution in [2.24, 2.45) is 9.98 Å². The minimum atomic E-state index is 0. The molecule has 6 N–H and O–H groups in total. The topological polar surface area (TPSA) is 112 Å². The van der Waals surface area contributed by atoms with Gasteiger partial charge in [0.05, 0.1) is 13.1 Å². The molecule has 148 valence electrons. The number of nitrogens with zero attached hydrogens (tertiary/aromatic N) is 2. The minimum Gasteiger partial charge on any atom is -0.412 e. The Hall–Kier alpha value is 0.140. The first kappa shape index (κ1) is 31.9. The van der Waals surface area contributed by atoms with Crippen LogP contribution in [0.1, 0.15) is 54.4 Å². The molecule has 0 spiro atoms. The van der Waals surface area contributed by atoms with Gasteiger partial charge in [-0.1, -0.05) is 0 Å². The standard InChI is InChI=1S/C16H32N4.2BrH.2H2O/c1-13-11-15(3,4)19-10-8-18-14(2)12-16(5,6)20-9-7-17-13;;;;/h19-20H,7-12H2,1-6H3;2*1H;2*1H2/b17-13+,18-14+;;;;. The van der Waals surface area contributed by atoms with Crippen LogP contribution in [0.2, 0.25) is 0 Å². The van der Waals surface area contributed by atoms with Gasteiger partial charge in [-0.05, 0) is 41.5 Å². The Labute approximate surface area is 168 Å². The van der Waals surface area contributed by atoms with Crippen molar-refractivity contribution in [1.82, 2.24) is 10.6 Å². The van der Waals surface area contributed by atoms with Crippen LogP contribution in [0.3, 0.4) is 0 Å². The van der Waals surface area contributed by atoms with E-state index in [1.165, 1.54) is 11.4 Å². The van der Waals surface area contributed by atoms with E-state index in [4.69, 9.17) is 0 Å². The third-order valence-electron chi connectivity index (χ3n) is 3.59. The van der Waals surface area contributed by atoms with Crippen molar-refractivity contribution in [1.29, 1.82) is 0 Å². The zero-order chi connectivity index (χ0) is 15.2. The molecular formula is C16H38Br2N4O2. The highest BCUT2D eigenvalue weighted by Gasteiger charge is 2.19. The van der Waals surface area contributed by atoms with Gasteiger partial charge >= 0.3 is 0 Å². The normalized spacial score (nSPS) is 25.4. The number of aliphatic imine (C=N–C) groups is 2. The van der Waals surface area contributed by atoms with Crippen LogP contribution in [0.25, 0.3) is 0 Å². The van der Waals surface area contributed by atoms with Crippen LogP contribution < -0.4 is 10.6 Å². The maximum atomic E-state index is 4.68. The summed E-state index contributed by atoms with van der Waals surface area (Å²) in [6.45, 7) is 16.7. The molecule has 0 aromatic rings. The second-order valence-electron chi connectivity index (χ2n) is 7.21. The van der Waals surface area contributed by atoms with Gasteiger partial charge < -0.3 is 21.6 Å². The summed E-state index contributed by atoms with van der Waals surface area (Å²) in [5.41, 5.74) is 2.62. The van der Waals surface area contributed by atoms with Gasteiger partial charge in [0.2, 0.25) is 0 Å². The number of hydrogen-bond donors (Lipinski definition) is 2. The van der Waals surface area contributed by atoms with Gasteiger partial charge in [-0.15, -0.1) is 34.0 Å². The lowest BCUT2D eigenvalue weighted by atomic mass is 9.97. The second kappa shape index (κ2) is 14.3. The van der Waals surface area contributed by atoms with Crippen LogP contribution in [0.4, 0.5) is 0 Å². The Kier molecular flexibility index (Phi) is 19.0. The Bertz CT molecular complexity index is 350. The highest BCUT2D eigenvalue weighted by atomic mass is 79.9. The summed E-state index contributed by atoms with van der Waals surface area (Å²) in [7, 11) is 0. The van der Waals surface area contributed by atoms with Crippen LogP contribution >= 0.6 is 34.0 Å². The van der Waals surface area contributed by atoms with Crippen molar-refractivity contribution in [2.75, 3.05) is 26.2 Å². The van der Waals surface area contributed by atoms with E-state index in [9.17, 15) is 0 Å². The molecule has 1 heterocycles. The minimum absolute atomic E-state index is 0. The van der Waals surface area contributed by atoms with E-state index in [-0.39, 0.29) is 56.0 Å². The third-order valence-corrected chi connectivity index (χ3v) is 3.59. The lowest BCUT2D eigenvalue weighted by Gasteiger charge is -2.28. The Balaban J connectivity index is -0.000000500. The third kappa shape index (κ3) is 14.5. The SMILES string of the molecule is Br.Br.C/C1=N\CCNC(C)(C)C/C(C)=N/CCNC(C)(C)C1.O.O. The van der Waals surface area contributed by atoms with Crippen molar-refractivity contribution in [3.8, 4) is 0 Å². The summed E-state index contributed by atoms with van der Waals surface area (Å²) in [4.78, 5) is 9.35. The molecule has 0 aliphatic carbocycles. The summed E-state index contributed by atoms with van der Waals surface area (Å²) in [5, 5.41) is 7.16. The van der Waals surface area contributed by atoms with E-state index in [1.54, 1.807) is 0 Å². The fraction of sp³-hybridized carbons (Fsp3) is 0.875. The lowest BCUT2D eigenvalue weighted by Crippen LogP contribution is -2.44. The second-order valence-corrected chi connectivity index (χ2v) is 7.21. The van der Waals surface area contributed by atoms with Gasteiger partial charge in [0.1, 0.15) is 0 Å². The summed E-state index contributed by atoms with van der Waals surface area (Å²) < 4.78 is 0. The zero-order valence-corrected chi connectivity index (χ0v) is 19.4. The van der Waals surface area contributed by atoms with Crippen molar-refractivity contribution in [2.45, 2.75) is 65.5 Å². The monoisotopic (exact) mass is 476 g/mol. The quantitative estimate of drug-likeness (QED) is 0.555. The molecule has 0 unspecified atom stereocenters. The van der Waals surface area contributed by atoms with Gasteiger partial charge in [-0.2, -0.15) is 0 Å². The van der Waals surface area contributed by atoms with E-state index in [1.807, 2.05) is 0 Å². The molecule has 0 atom stereocenters. The molecular weight excluding hydrogens is 440 g/mol. The van der Waals surface area contributed by atoms with Gasteiger partial charge in [-0.25, -0.2) is 0 Å². The molecule has 0 radical (unpaired) electrons. The fourth-order valence-electron chi connectivity index (χ4n) is 2.80. The number of hydrogen-bond acceptors (Lipinski definition) is 4. The van der Waals surface area contributed by atoms with Crippen molar-refractivity contribution in [3.05, 3.63) is 0 Å². The molecule has 1 aliphatic heterocycles. The Morgan fingerprint density at radius 1 is 0.708 bits per heavy atom. The van der Waals surface area contributed by atoms with E-state index in [2.05, 4.69) is 62.2 Å². The summed E-state index contributed by atoms with van der Waals surface area (Å²) in [5.74, 6) is 0. The Morgan fingerprint density at radius 3 is 1.29 bits per heavy atom. The average molecular weight is 478 g/mol. The molecule has 0 aromatic carbocycles. The molecule has 0 bridgehead atoms. The molecule has 0 aromatic heterocycles. The zero-order valence-electron chi connectivity index (χ0n) is 16.0. The molecule has 0 saturated carbocycles. The maximum Gasteiger partial charge on any atom is 0.0513 e. The number of rotatable bonds is 0. The van der Waals surface area contributed by atoms with Crippen molar-refractivity contribution >= 4 is 45.4 Å². The lowest BCUT2D eigenvalue weighted by molar-refractivity contribution is 0.398. The first-order valence-electron chi connectivity index (χ1n) is 7.70. The first-order chi connectivity index (χ1) is 9.20. The molecule has 0 saturated heterocycles. The Morgan fingerprint density at radius 2 is 1.00 bits per heavy atom. The molecule has 6 nitrogen and oxygen atoms in total. The highest BCUT2D eigenvalue weighted by Crippen LogP contribution is 2.11. The largest absolute Gasteiger partial charge is 0.412 e. The molecule has 24 heavy (non-hydrogen) atoms. The first-order valence-corrected chi connectivity index (χ1v) is 7.70. The smallest absolute Gasteiger partial charge is 0.0513 e. The van der Waals surface area contributed by atoms with E-state index < -0.39 is 0 Å². The van der Waals surface area contributed by atoms with Crippen molar-refractivity contribution < 1.29 is 11.0 Å². The number of nitrogens with one attached hydrogen (secondary N) is 2. The predicted octanol–water partition coefficient (Wildman–Crippen LogP) is 1.94. The van der Waals surface area contributed by atoms with Crippen molar-refractivity contribution in [3.63, 3.8) is 0 Å². The van der Waals surface area contributed by atoms with E-state index in [0.717, 1.165) is 39.0 Å².